The summed E-state index contributed by atoms with van der Waals surface area (Å²) in [6, 6.07) is 6.93. The minimum atomic E-state index is 0.844. The van der Waals surface area contributed by atoms with Crippen LogP contribution in [0.1, 0.15) is 44.7 Å². The van der Waals surface area contributed by atoms with Crippen molar-refractivity contribution in [3.8, 4) is 0 Å². The lowest BCUT2D eigenvalue weighted by molar-refractivity contribution is 0.226. The second kappa shape index (κ2) is 6.95. The number of hydrogen-bond acceptors (Lipinski definition) is 2. The predicted molar refractivity (Wildman–Crippen MR) is 83.7 cm³/mol. The molecule has 1 N–H and O–H groups in total. The number of benzene rings is 1. The van der Waals surface area contributed by atoms with Gasteiger partial charge in [-0.25, -0.2) is 0 Å². The molecule has 1 aliphatic rings. The van der Waals surface area contributed by atoms with Crippen LogP contribution < -0.4 is 5.32 Å². The van der Waals surface area contributed by atoms with E-state index in [0.717, 1.165) is 25.6 Å². The molecule has 0 spiro atoms. The van der Waals surface area contributed by atoms with Gasteiger partial charge in [-0.2, -0.15) is 0 Å². The molecule has 1 aromatic rings. The maximum atomic E-state index is 3.43. The van der Waals surface area contributed by atoms with Gasteiger partial charge in [-0.3, -0.25) is 4.90 Å². The molecule has 2 heteroatoms. The van der Waals surface area contributed by atoms with Gasteiger partial charge in [0.1, 0.15) is 0 Å². The van der Waals surface area contributed by atoms with Crippen molar-refractivity contribution >= 4 is 5.69 Å². The summed E-state index contributed by atoms with van der Waals surface area (Å²) >= 11 is 0. The van der Waals surface area contributed by atoms with Crippen LogP contribution in [0.3, 0.4) is 0 Å². The molecule has 0 bridgehead atoms. The quantitative estimate of drug-likeness (QED) is 0.799. The number of nitrogens with zero attached hydrogens (tertiary/aromatic N) is 1. The zero-order valence-corrected chi connectivity index (χ0v) is 12.7. The summed E-state index contributed by atoms with van der Waals surface area (Å²) < 4.78 is 0. The number of fused-ring (bicyclic) bond motifs is 1. The summed E-state index contributed by atoms with van der Waals surface area (Å²) in [6.45, 7) is 11.5. The summed E-state index contributed by atoms with van der Waals surface area (Å²) in [5.74, 6) is 0.844. The Bertz CT molecular complexity index is 396. The Morgan fingerprint density at radius 3 is 2.68 bits per heavy atom. The van der Waals surface area contributed by atoms with Crippen LogP contribution in [0.15, 0.2) is 18.2 Å². The lowest BCUT2D eigenvalue weighted by Crippen LogP contribution is -2.28. The highest BCUT2D eigenvalue weighted by Crippen LogP contribution is 2.24. The zero-order chi connectivity index (χ0) is 13.7. The summed E-state index contributed by atoms with van der Waals surface area (Å²) in [6.07, 6.45) is 3.77. The van der Waals surface area contributed by atoms with E-state index in [-0.39, 0.29) is 0 Å². The van der Waals surface area contributed by atoms with Gasteiger partial charge in [0.05, 0.1) is 0 Å². The van der Waals surface area contributed by atoms with E-state index in [1.807, 2.05) is 0 Å². The molecule has 0 fully saturated rings. The van der Waals surface area contributed by atoms with Crippen LogP contribution >= 0.6 is 0 Å². The molecular formula is C17H28N2. The normalized spacial score (nSPS) is 13.9. The molecule has 1 aliphatic heterocycles. The Hall–Kier alpha value is -1.02. The molecule has 0 atom stereocenters. The molecular weight excluding hydrogens is 232 g/mol. The van der Waals surface area contributed by atoms with Crippen LogP contribution in [-0.2, 0) is 13.0 Å². The Balaban J connectivity index is 1.98. The Morgan fingerprint density at radius 2 is 2.00 bits per heavy atom. The number of nitrogens with one attached hydrogen (secondary N) is 1. The molecule has 2 rings (SSSR count). The Kier molecular flexibility index (Phi) is 5.26. The highest BCUT2D eigenvalue weighted by molar-refractivity contribution is 5.56. The third-order valence-corrected chi connectivity index (χ3v) is 4.40. The minimum absolute atomic E-state index is 0.844. The van der Waals surface area contributed by atoms with Crippen molar-refractivity contribution < 1.29 is 0 Å². The van der Waals surface area contributed by atoms with Gasteiger partial charge in [0.25, 0.3) is 0 Å². The number of hydrogen-bond donors (Lipinski definition) is 1. The van der Waals surface area contributed by atoms with E-state index < -0.39 is 0 Å². The van der Waals surface area contributed by atoms with Crippen molar-refractivity contribution in [2.24, 2.45) is 5.92 Å². The van der Waals surface area contributed by atoms with Crippen molar-refractivity contribution in [3.63, 3.8) is 0 Å². The minimum Gasteiger partial charge on any atom is -0.384 e. The fraction of sp³-hybridized carbons (Fsp3) is 0.647. The molecule has 0 saturated heterocycles. The van der Waals surface area contributed by atoms with Crippen molar-refractivity contribution in [3.05, 3.63) is 29.3 Å². The van der Waals surface area contributed by atoms with Gasteiger partial charge in [-0.15, -0.1) is 0 Å². The average Bonchev–Trinajstić information content (AvgIpc) is 2.90. The molecule has 19 heavy (non-hydrogen) atoms. The smallest absolute Gasteiger partial charge is 0.0373 e. The van der Waals surface area contributed by atoms with Gasteiger partial charge < -0.3 is 5.32 Å². The van der Waals surface area contributed by atoms with Crippen LogP contribution in [-0.4, -0.2) is 24.5 Å². The number of rotatable bonds is 7. The van der Waals surface area contributed by atoms with Gasteiger partial charge >= 0.3 is 0 Å². The first-order valence-corrected chi connectivity index (χ1v) is 7.84. The van der Waals surface area contributed by atoms with Crippen molar-refractivity contribution in [2.45, 2.75) is 46.6 Å². The molecule has 0 aromatic heterocycles. The maximum absolute atomic E-state index is 3.43. The second-order valence-corrected chi connectivity index (χ2v) is 5.68. The Morgan fingerprint density at radius 1 is 1.21 bits per heavy atom. The van der Waals surface area contributed by atoms with Crippen LogP contribution in [0.4, 0.5) is 5.69 Å². The largest absolute Gasteiger partial charge is 0.384 e. The van der Waals surface area contributed by atoms with Crippen LogP contribution in [0, 0.1) is 5.92 Å². The first-order chi connectivity index (χ1) is 9.26. The SMILES string of the molecule is CCC(CC)CN(CC)Cc1ccc2c(c1)CCN2. The molecule has 0 aliphatic carbocycles. The monoisotopic (exact) mass is 260 g/mol. The molecule has 0 radical (unpaired) electrons. The number of anilines is 1. The third-order valence-electron chi connectivity index (χ3n) is 4.40. The topological polar surface area (TPSA) is 15.3 Å². The van der Waals surface area contributed by atoms with E-state index in [1.54, 1.807) is 0 Å². The van der Waals surface area contributed by atoms with Gasteiger partial charge in [-0.1, -0.05) is 45.7 Å². The lowest BCUT2D eigenvalue weighted by Gasteiger charge is -2.25. The van der Waals surface area contributed by atoms with Crippen molar-refractivity contribution in [2.75, 3.05) is 25.0 Å². The highest BCUT2D eigenvalue weighted by Gasteiger charge is 2.13. The molecule has 2 nitrogen and oxygen atoms in total. The fourth-order valence-corrected chi connectivity index (χ4v) is 2.93. The van der Waals surface area contributed by atoms with E-state index >= 15 is 0 Å². The first kappa shape index (κ1) is 14.4. The van der Waals surface area contributed by atoms with Crippen LogP contribution in [0.25, 0.3) is 0 Å². The molecule has 0 unspecified atom stereocenters. The lowest BCUT2D eigenvalue weighted by atomic mass is 10.0. The van der Waals surface area contributed by atoms with Gasteiger partial charge in [0, 0.05) is 25.3 Å². The fourth-order valence-electron chi connectivity index (χ4n) is 2.93. The highest BCUT2D eigenvalue weighted by atomic mass is 15.1. The van der Waals surface area contributed by atoms with Crippen molar-refractivity contribution in [1.82, 2.24) is 4.90 Å². The Labute approximate surface area is 118 Å². The molecule has 0 saturated carbocycles. The van der Waals surface area contributed by atoms with Crippen LogP contribution in [0.2, 0.25) is 0 Å². The first-order valence-electron chi connectivity index (χ1n) is 7.84. The summed E-state index contributed by atoms with van der Waals surface area (Å²) in [5, 5.41) is 3.43. The van der Waals surface area contributed by atoms with E-state index in [1.165, 1.54) is 42.6 Å². The van der Waals surface area contributed by atoms with Gasteiger partial charge in [0.15, 0.2) is 0 Å². The third kappa shape index (κ3) is 3.73. The van der Waals surface area contributed by atoms with E-state index in [4.69, 9.17) is 0 Å². The summed E-state index contributed by atoms with van der Waals surface area (Å²) in [4.78, 5) is 2.59. The molecule has 1 aromatic carbocycles. The van der Waals surface area contributed by atoms with Crippen LogP contribution in [0.5, 0.6) is 0 Å². The average molecular weight is 260 g/mol. The van der Waals surface area contributed by atoms with Gasteiger partial charge in [-0.05, 0) is 36.1 Å². The maximum Gasteiger partial charge on any atom is 0.0373 e. The molecule has 1 heterocycles. The van der Waals surface area contributed by atoms with E-state index in [0.29, 0.717) is 0 Å². The molecule has 106 valence electrons. The standard InChI is InChI=1S/C17H28N2/c1-4-14(5-2)12-19(6-3)13-15-7-8-17-16(11-15)9-10-18-17/h7-8,11,14,18H,4-6,9-10,12-13H2,1-3H3. The predicted octanol–water partition coefficient (Wildman–Crippen LogP) is 3.91. The zero-order valence-electron chi connectivity index (χ0n) is 12.7. The van der Waals surface area contributed by atoms with E-state index in [2.05, 4.69) is 49.2 Å². The summed E-state index contributed by atoms with van der Waals surface area (Å²) in [5.41, 5.74) is 4.30. The van der Waals surface area contributed by atoms with E-state index in [9.17, 15) is 0 Å². The second-order valence-electron chi connectivity index (χ2n) is 5.68. The van der Waals surface area contributed by atoms with Gasteiger partial charge in [0.2, 0.25) is 0 Å². The summed E-state index contributed by atoms with van der Waals surface area (Å²) in [7, 11) is 0. The molecule has 0 amide bonds. The van der Waals surface area contributed by atoms with Crippen molar-refractivity contribution in [1.29, 1.82) is 0 Å².